The molecule has 0 aliphatic rings. The van der Waals surface area contributed by atoms with Crippen LogP contribution in [0, 0.1) is 12.7 Å². The van der Waals surface area contributed by atoms with Gasteiger partial charge in [0.05, 0.1) is 0 Å². The molecule has 3 aromatic rings. The SMILES string of the molecule is Cc1ccc2oc(C(C)(O)c3ccc(F)cc3)cc2c1. The summed E-state index contributed by atoms with van der Waals surface area (Å²) in [5, 5.41) is 11.6. The number of furan rings is 1. The smallest absolute Gasteiger partial charge is 0.144 e. The Kier molecular flexibility index (Phi) is 2.87. The van der Waals surface area contributed by atoms with Crippen molar-refractivity contribution in [1.29, 1.82) is 0 Å². The number of hydrogen-bond acceptors (Lipinski definition) is 2. The third-order valence-corrected chi connectivity index (χ3v) is 3.56. The topological polar surface area (TPSA) is 33.4 Å². The molecule has 0 saturated carbocycles. The Hall–Kier alpha value is -2.13. The molecule has 3 rings (SSSR count). The third kappa shape index (κ3) is 2.10. The molecule has 1 aromatic heterocycles. The van der Waals surface area contributed by atoms with E-state index < -0.39 is 5.60 Å². The number of halogens is 1. The molecule has 0 amide bonds. The first-order chi connectivity index (χ1) is 9.46. The minimum absolute atomic E-state index is 0.329. The lowest BCUT2D eigenvalue weighted by molar-refractivity contribution is 0.0786. The lowest BCUT2D eigenvalue weighted by Gasteiger charge is -2.21. The van der Waals surface area contributed by atoms with Gasteiger partial charge in [0, 0.05) is 5.39 Å². The summed E-state index contributed by atoms with van der Waals surface area (Å²) in [7, 11) is 0. The highest BCUT2D eigenvalue weighted by atomic mass is 19.1. The van der Waals surface area contributed by atoms with Crippen molar-refractivity contribution in [1.82, 2.24) is 0 Å². The molecule has 0 saturated heterocycles. The highest BCUT2D eigenvalue weighted by Gasteiger charge is 2.29. The summed E-state index contributed by atoms with van der Waals surface area (Å²) >= 11 is 0. The lowest BCUT2D eigenvalue weighted by Crippen LogP contribution is -2.21. The van der Waals surface area contributed by atoms with E-state index in [0.29, 0.717) is 11.3 Å². The Bertz CT molecular complexity index is 754. The number of aryl methyl sites for hydroxylation is 1. The molecule has 3 heteroatoms. The van der Waals surface area contributed by atoms with Crippen LogP contribution in [0.2, 0.25) is 0 Å². The standard InChI is InChI=1S/C17H15FO2/c1-11-3-8-15-12(9-11)10-16(20-15)17(2,19)13-4-6-14(18)7-5-13/h3-10,19H,1-2H3. The molecule has 0 bridgehead atoms. The quantitative estimate of drug-likeness (QED) is 0.759. The molecule has 1 N–H and O–H groups in total. The monoisotopic (exact) mass is 270 g/mol. The van der Waals surface area contributed by atoms with Crippen LogP contribution in [-0.4, -0.2) is 5.11 Å². The second-order valence-corrected chi connectivity index (χ2v) is 5.23. The molecule has 0 spiro atoms. The summed E-state index contributed by atoms with van der Waals surface area (Å²) in [6.45, 7) is 3.65. The first kappa shape index (κ1) is 12.9. The Balaban J connectivity index is 2.10. The van der Waals surface area contributed by atoms with Gasteiger partial charge in [-0.1, -0.05) is 23.8 Å². The van der Waals surface area contributed by atoms with E-state index in [9.17, 15) is 9.50 Å². The molecule has 102 valence electrons. The average Bonchev–Trinajstić information content (AvgIpc) is 2.83. The molecule has 0 radical (unpaired) electrons. The molecule has 20 heavy (non-hydrogen) atoms. The van der Waals surface area contributed by atoms with Gasteiger partial charge in [-0.15, -0.1) is 0 Å². The number of hydrogen-bond donors (Lipinski definition) is 1. The summed E-state index contributed by atoms with van der Waals surface area (Å²) in [5.41, 5.74) is 1.16. The van der Waals surface area contributed by atoms with E-state index in [1.807, 2.05) is 31.2 Å². The van der Waals surface area contributed by atoms with Crippen LogP contribution >= 0.6 is 0 Å². The van der Waals surface area contributed by atoms with Crippen LogP contribution in [-0.2, 0) is 5.60 Å². The Labute approximate surface area is 116 Å². The molecular weight excluding hydrogens is 255 g/mol. The van der Waals surface area contributed by atoms with Crippen molar-refractivity contribution < 1.29 is 13.9 Å². The maximum absolute atomic E-state index is 13.0. The van der Waals surface area contributed by atoms with Gasteiger partial charge >= 0.3 is 0 Å². The maximum atomic E-state index is 13.0. The van der Waals surface area contributed by atoms with Crippen molar-refractivity contribution in [3.05, 3.63) is 71.2 Å². The van der Waals surface area contributed by atoms with Crippen molar-refractivity contribution >= 4 is 11.0 Å². The Morgan fingerprint density at radius 3 is 2.45 bits per heavy atom. The van der Waals surface area contributed by atoms with Crippen LogP contribution in [0.15, 0.2) is 52.9 Å². The molecule has 1 unspecified atom stereocenters. The zero-order chi connectivity index (χ0) is 14.3. The number of fused-ring (bicyclic) bond motifs is 1. The predicted octanol–water partition coefficient (Wildman–Crippen LogP) is 4.14. The molecular formula is C17H15FO2. The highest BCUT2D eigenvalue weighted by molar-refractivity contribution is 5.79. The second kappa shape index (κ2) is 4.46. The van der Waals surface area contributed by atoms with Crippen molar-refractivity contribution in [2.75, 3.05) is 0 Å². The van der Waals surface area contributed by atoms with E-state index in [-0.39, 0.29) is 5.82 Å². The van der Waals surface area contributed by atoms with E-state index in [1.54, 1.807) is 19.1 Å². The van der Waals surface area contributed by atoms with Crippen LogP contribution < -0.4 is 0 Å². The van der Waals surface area contributed by atoms with Crippen molar-refractivity contribution in [3.63, 3.8) is 0 Å². The first-order valence-electron chi connectivity index (χ1n) is 6.46. The predicted molar refractivity (Wildman–Crippen MR) is 76.0 cm³/mol. The average molecular weight is 270 g/mol. The molecule has 2 aromatic carbocycles. The third-order valence-electron chi connectivity index (χ3n) is 3.56. The van der Waals surface area contributed by atoms with Crippen LogP contribution in [0.5, 0.6) is 0 Å². The van der Waals surface area contributed by atoms with Crippen molar-refractivity contribution in [3.8, 4) is 0 Å². The van der Waals surface area contributed by atoms with Gasteiger partial charge in [0.25, 0.3) is 0 Å². The summed E-state index contributed by atoms with van der Waals surface area (Å²) in [5.74, 6) is 0.120. The van der Waals surface area contributed by atoms with Gasteiger partial charge in [0.1, 0.15) is 22.8 Å². The van der Waals surface area contributed by atoms with Gasteiger partial charge < -0.3 is 9.52 Å². The normalized spacial score (nSPS) is 14.4. The van der Waals surface area contributed by atoms with Crippen LogP contribution in [0.3, 0.4) is 0 Å². The molecule has 1 atom stereocenters. The number of aliphatic hydroxyl groups is 1. The fraction of sp³-hybridized carbons (Fsp3) is 0.176. The van der Waals surface area contributed by atoms with Gasteiger partial charge in [-0.05, 0) is 49.7 Å². The van der Waals surface area contributed by atoms with Crippen LogP contribution in [0.4, 0.5) is 4.39 Å². The van der Waals surface area contributed by atoms with Crippen LogP contribution in [0.1, 0.15) is 23.8 Å². The van der Waals surface area contributed by atoms with E-state index in [2.05, 4.69) is 0 Å². The number of rotatable bonds is 2. The van der Waals surface area contributed by atoms with Gasteiger partial charge in [-0.3, -0.25) is 0 Å². The fourth-order valence-electron chi connectivity index (χ4n) is 2.32. The first-order valence-corrected chi connectivity index (χ1v) is 6.46. The summed E-state index contributed by atoms with van der Waals surface area (Å²) in [4.78, 5) is 0. The van der Waals surface area contributed by atoms with Gasteiger partial charge in [-0.25, -0.2) is 4.39 Å². The van der Waals surface area contributed by atoms with Gasteiger partial charge in [0.15, 0.2) is 0 Å². The van der Waals surface area contributed by atoms with E-state index in [0.717, 1.165) is 16.5 Å². The minimum atomic E-state index is -1.29. The van der Waals surface area contributed by atoms with Crippen molar-refractivity contribution in [2.24, 2.45) is 0 Å². The molecule has 1 heterocycles. The van der Waals surface area contributed by atoms with Gasteiger partial charge in [-0.2, -0.15) is 0 Å². The maximum Gasteiger partial charge on any atom is 0.144 e. The molecule has 0 aliphatic heterocycles. The molecule has 0 aliphatic carbocycles. The van der Waals surface area contributed by atoms with E-state index >= 15 is 0 Å². The summed E-state index contributed by atoms with van der Waals surface area (Å²) in [6, 6.07) is 13.5. The van der Waals surface area contributed by atoms with E-state index in [1.165, 1.54) is 12.1 Å². The van der Waals surface area contributed by atoms with Crippen molar-refractivity contribution in [2.45, 2.75) is 19.4 Å². The Morgan fingerprint density at radius 1 is 1.05 bits per heavy atom. The molecule has 2 nitrogen and oxygen atoms in total. The summed E-state index contributed by atoms with van der Waals surface area (Å²) in [6.07, 6.45) is 0. The largest absolute Gasteiger partial charge is 0.458 e. The van der Waals surface area contributed by atoms with Gasteiger partial charge in [0.2, 0.25) is 0 Å². The number of benzene rings is 2. The Morgan fingerprint density at radius 2 is 1.75 bits per heavy atom. The molecule has 0 fully saturated rings. The minimum Gasteiger partial charge on any atom is -0.458 e. The zero-order valence-electron chi connectivity index (χ0n) is 11.4. The van der Waals surface area contributed by atoms with Crippen LogP contribution in [0.25, 0.3) is 11.0 Å². The second-order valence-electron chi connectivity index (χ2n) is 5.23. The summed E-state index contributed by atoms with van der Waals surface area (Å²) < 4.78 is 18.7. The van der Waals surface area contributed by atoms with E-state index in [4.69, 9.17) is 4.42 Å². The lowest BCUT2D eigenvalue weighted by atomic mass is 9.93. The fourth-order valence-corrected chi connectivity index (χ4v) is 2.32. The highest BCUT2D eigenvalue weighted by Crippen LogP contribution is 2.33. The zero-order valence-corrected chi connectivity index (χ0v) is 11.4.